The van der Waals surface area contributed by atoms with Crippen LogP contribution in [0, 0.1) is 57.8 Å². The van der Waals surface area contributed by atoms with Gasteiger partial charge >= 0.3 is 21.5 Å². The molecule has 4 aromatic carbocycles. The van der Waals surface area contributed by atoms with Crippen molar-refractivity contribution in [3.8, 4) is 28.9 Å². The monoisotopic (exact) mass is 1610 g/mol. The molecule has 0 unspecified atom stereocenters. The second kappa shape index (κ2) is 38.3. The van der Waals surface area contributed by atoms with E-state index in [-0.39, 0.29) is 90.1 Å². The van der Waals surface area contributed by atoms with Gasteiger partial charge < -0.3 is 14.2 Å². The van der Waals surface area contributed by atoms with Gasteiger partial charge in [0.05, 0.1) is 33.5 Å². The quantitative estimate of drug-likeness (QED) is 0.0527. The van der Waals surface area contributed by atoms with Gasteiger partial charge in [-0.25, -0.2) is 40.8 Å². The van der Waals surface area contributed by atoms with E-state index >= 15 is 4.39 Å². The fourth-order valence-corrected chi connectivity index (χ4v) is 11.6. The van der Waals surface area contributed by atoms with Gasteiger partial charge in [0.15, 0.2) is 5.75 Å². The first-order chi connectivity index (χ1) is 42.3. The number of aromatic nitrogens is 6. The van der Waals surface area contributed by atoms with Crippen molar-refractivity contribution in [2.24, 2.45) is 14.1 Å². The van der Waals surface area contributed by atoms with Crippen molar-refractivity contribution in [2.45, 2.75) is 147 Å². The van der Waals surface area contributed by atoms with Gasteiger partial charge in [0.2, 0.25) is 0 Å². The number of hydrogen-bond acceptors (Lipinski definition) is 15. The number of aryl methyl sites for hydroxylation is 4. The molecule has 10 rings (SSSR count). The molecule has 2 N–H and O–H groups in total. The molecule has 0 amide bonds. The Balaban J connectivity index is 0.00000132. The van der Waals surface area contributed by atoms with Crippen LogP contribution in [0.25, 0.3) is 33.4 Å². The number of nitrogens with one attached hydrogen (secondary N) is 1. The Morgan fingerprint density at radius 3 is 1.28 bits per heavy atom. The molecule has 4 aromatic heterocycles. The van der Waals surface area contributed by atoms with E-state index in [2.05, 4.69) is 30.5 Å². The molecule has 0 radical (unpaired) electrons. The second-order valence-electron chi connectivity index (χ2n) is 19.9. The molecule has 2 aliphatic rings. The number of rotatable bonds is 11. The van der Waals surface area contributed by atoms with Gasteiger partial charge in [-0.05, 0) is 198 Å². The van der Waals surface area contributed by atoms with Crippen molar-refractivity contribution < 1.29 is 34.9 Å². The number of fused-ring (bicyclic) bond motifs is 2. The highest BCUT2D eigenvalue weighted by Crippen LogP contribution is 2.36. The summed E-state index contributed by atoms with van der Waals surface area (Å²) in [5.41, 5.74) is -3.28. The first-order valence-electron chi connectivity index (χ1n) is 28.1. The minimum absolute atomic E-state index is 0. The number of aromatic hydroxyl groups is 1. The maximum absolute atomic E-state index is 15.2. The van der Waals surface area contributed by atoms with E-state index in [4.69, 9.17) is 31.9 Å². The van der Waals surface area contributed by atoms with E-state index in [1.165, 1.54) is 103 Å². The van der Waals surface area contributed by atoms with Crippen LogP contribution >= 0.6 is 67.6 Å². The molecular formula is C65H87Cl2F2I2N9O12S2. The van der Waals surface area contributed by atoms with Crippen LogP contribution in [-0.4, -0.2) is 80.9 Å². The molecule has 29 heteroatoms. The zero-order chi connectivity index (χ0) is 68.0. The van der Waals surface area contributed by atoms with Gasteiger partial charge in [0, 0.05) is 50.9 Å². The maximum Gasteiger partial charge on any atom is 0.339 e. The zero-order valence-corrected chi connectivity index (χ0v) is 59.2. The molecule has 0 bridgehead atoms. The summed E-state index contributed by atoms with van der Waals surface area (Å²) in [6.45, 7) is 22.0. The molecule has 94 heavy (non-hydrogen) atoms. The Morgan fingerprint density at radius 1 is 0.628 bits per heavy atom. The molecular weight excluding hydrogens is 1530 g/mol. The molecule has 8 aromatic rings. The fourth-order valence-electron chi connectivity index (χ4n) is 8.94. The summed E-state index contributed by atoms with van der Waals surface area (Å²) in [6, 6.07) is 21.7. The molecule has 0 saturated heterocycles. The van der Waals surface area contributed by atoms with Crippen LogP contribution in [0.1, 0.15) is 131 Å². The van der Waals surface area contributed by atoms with E-state index in [1.54, 1.807) is 56.4 Å². The van der Waals surface area contributed by atoms with Crippen LogP contribution in [0.2, 0.25) is 0 Å². The van der Waals surface area contributed by atoms with Gasteiger partial charge in [-0.2, -0.15) is 13.7 Å². The molecule has 0 aliphatic heterocycles. The van der Waals surface area contributed by atoms with Gasteiger partial charge in [-0.1, -0.05) is 99.7 Å². The van der Waals surface area contributed by atoms with Crippen LogP contribution in [0.5, 0.6) is 11.5 Å². The Kier molecular flexibility index (Phi) is 35.6. The molecule has 2 saturated carbocycles. The number of nitrogens with zero attached hydrogens (tertiary/aromatic N) is 8. The minimum atomic E-state index is -4.47. The lowest BCUT2D eigenvalue weighted by molar-refractivity contribution is 0.321. The number of pyridine rings is 2. The average molecular weight is 1610 g/mol. The van der Waals surface area contributed by atoms with Crippen LogP contribution in [0.4, 0.5) is 8.78 Å². The summed E-state index contributed by atoms with van der Waals surface area (Å²) in [5, 5.41) is 17.4. The number of benzene rings is 4. The van der Waals surface area contributed by atoms with E-state index in [0.717, 1.165) is 38.5 Å². The SMILES string of the molecule is C.C.C.C.CC.CC#N.CCN(CC)CC.CNCl.Cc1c(O)c2c(=O)n(C3CC3)c(=O)n(-c3ccc(I)cc3F)c2n(C)c1=O.Cc1ccc(S(=O)(=O)Cl)cc1.Cc1ccc(S(=O)(=O)Oc2c(C)c(=O)n(C)c3c2c(=O)n(C2CC2)c(=O)n3-c2ccc(I)cc2F)cc1. The molecule has 2 aliphatic carbocycles. The summed E-state index contributed by atoms with van der Waals surface area (Å²) in [4.78, 5) is 83.7. The topological polar surface area (TPSA) is 269 Å². The zero-order valence-electron chi connectivity index (χ0n) is 51.8. The van der Waals surface area contributed by atoms with Crippen molar-refractivity contribution in [1.29, 1.82) is 5.26 Å². The Morgan fingerprint density at radius 2 is 0.957 bits per heavy atom. The highest BCUT2D eigenvalue weighted by molar-refractivity contribution is 14.1. The largest absolute Gasteiger partial charge is 0.506 e. The summed E-state index contributed by atoms with van der Waals surface area (Å²) in [6.07, 6.45) is 2.42. The third kappa shape index (κ3) is 20.5. The molecule has 21 nitrogen and oxygen atoms in total. The fraction of sp³-hybridized carbons (Fsp3) is 0.400. The van der Waals surface area contributed by atoms with E-state index < -0.39 is 82.0 Å². The normalized spacial score (nSPS) is 11.9. The molecule has 4 heterocycles. The Hall–Kier alpha value is -6.53. The Bertz CT molecular complexity index is 4580. The lowest BCUT2D eigenvalue weighted by Gasteiger charge is -2.20. The molecule has 2 fully saturated rings. The van der Waals surface area contributed by atoms with E-state index in [1.807, 2.05) is 66.0 Å². The molecule has 0 atom stereocenters. The minimum Gasteiger partial charge on any atom is -0.506 e. The first kappa shape index (κ1) is 87.5. The number of hydrogen-bond donors (Lipinski definition) is 2. The Labute approximate surface area is 586 Å². The number of nitriles is 1. The van der Waals surface area contributed by atoms with Crippen LogP contribution < -0.4 is 42.6 Å². The standard InChI is InChI=1S/C25H21FIN3O6S.C18H15FIN3O4.C7H7ClO2S.C6H15N.C2H3N.C2H6.CH4ClN.4CH4/c1-13-4-9-17(10-5-13)37(34,35)36-21-14(2)23(31)28(3)22-20(21)24(32)29(16-7-8-16)25(33)30(22)19-11-6-15(27)12-18(19)26;1-8-14(24)13-15(21(2)16(8)25)23(12-6-3-9(20)7-11(12)19)18(27)22(17(13)26)10-4-5-10;1-6-2-4-7(5-3-6)11(8,9)10;1-4-7(5-2)6-3;1-2-3;1-2;1-3-2;;;;/h4-6,9-12,16H,7-8H2,1-3H3;3,6-7,10,24H,4-5H2,1-2H3;2-5H,1H3;4-6H2,1-3H3;1H3;1-2H3;3H,1H3;4*1H4. The summed E-state index contributed by atoms with van der Waals surface area (Å²) < 4.78 is 90.4. The van der Waals surface area contributed by atoms with Crippen molar-refractivity contribution in [3.63, 3.8) is 0 Å². The number of halogens is 6. The van der Waals surface area contributed by atoms with Crippen LogP contribution in [0.3, 0.4) is 0 Å². The van der Waals surface area contributed by atoms with Crippen LogP contribution in [-0.2, 0) is 33.3 Å². The lowest BCUT2D eigenvalue weighted by atomic mass is 10.2. The highest BCUT2D eigenvalue weighted by Gasteiger charge is 2.35. The predicted molar refractivity (Wildman–Crippen MR) is 392 cm³/mol. The van der Waals surface area contributed by atoms with Crippen molar-refractivity contribution >= 4 is 109 Å². The van der Waals surface area contributed by atoms with E-state index in [0.29, 0.717) is 32.8 Å². The lowest BCUT2D eigenvalue weighted by Crippen LogP contribution is -2.42. The van der Waals surface area contributed by atoms with Crippen LogP contribution in [0.15, 0.2) is 123 Å². The van der Waals surface area contributed by atoms with Gasteiger partial charge in [-0.15, -0.1) is 0 Å². The third-order valence-electron chi connectivity index (χ3n) is 13.8. The third-order valence-corrected chi connectivity index (χ3v) is 17.8. The maximum atomic E-state index is 15.2. The summed E-state index contributed by atoms with van der Waals surface area (Å²) in [5.74, 6) is -2.39. The molecule has 518 valence electrons. The highest BCUT2D eigenvalue weighted by atomic mass is 127. The first-order valence-corrected chi connectivity index (χ1v) is 34.3. The summed E-state index contributed by atoms with van der Waals surface area (Å²) >= 11 is 8.61. The van der Waals surface area contributed by atoms with Crippen molar-refractivity contribution in [3.05, 3.63) is 188 Å². The smallest absolute Gasteiger partial charge is 0.339 e. The molecule has 0 spiro atoms. The van der Waals surface area contributed by atoms with E-state index in [9.17, 15) is 55.1 Å². The van der Waals surface area contributed by atoms with Gasteiger partial charge in [-0.3, -0.25) is 37.4 Å². The van der Waals surface area contributed by atoms with Gasteiger partial charge in [0.25, 0.3) is 31.3 Å². The average Bonchev–Trinajstić information content (AvgIpc) is 1.11. The van der Waals surface area contributed by atoms with Crippen molar-refractivity contribution in [2.75, 3.05) is 26.7 Å². The van der Waals surface area contributed by atoms with Gasteiger partial charge in [0.1, 0.15) is 44.3 Å². The predicted octanol–water partition coefficient (Wildman–Crippen LogP) is 13.0. The summed E-state index contributed by atoms with van der Waals surface area (Å²) in [7, 11) is 1.43. The second-order valence-corrected chi connectivity index (χ2v) is 26.9. The van der Waals surface area contributed by atoms with Crippen molar-refractivity contribution in [1.82, 2.24) is 37.1 Å².